The van der Waals surface area contributed by atoms with Crippen LogP contribution in [0.5, 0.6) is 5.75 Å². The van der Waals surface area contributed by atoms with Gasteiger partial charge in [-0.15, -0.1) is 24.8 Å². The number of benzene rings is 1. The molecule has 0 heterocycles. The van der Waals surface area contributed by atoms with E-state index in [1.165, 1.54) is 19.1 Å². The van der Waals surface area contributed by atoms with Gasteiger partial charge in [0.05, 0.1) is 5.69 Å². The van der Waals surface area contributed by atoms with E-state index in [2.05, 4.69) is 0 Å². The number of carboxylic acids is 1. The van der Waals surface area contributed by atoms with Crippen LogP contribution >= 0.6 is 24.8 Å². The SMILES string of the molecule is C[C@](N)(Cc1ccc(N)c(O)c1)C(=O)O.Cl.Cl. The maximum atomic E-state index is 10.8. The van der Waals surface area contributed by atoms with Gasteiger partial charge in [0, 0.05) is 6.42 Å². The van der Waals surface area contributed by atoms with E-state index >= 15 is 0 Å². The molecule has 0 saturated carbocycles. The van der Waals surface area contributed by atoms with Crippen LogP contribution in [0.4, 0.5) is 5.69 Å². The number of hydrogen-bond donors (Lipinski definition) is 4. The number of nitrogens with two attached hydrogens (primary N) is 2. The zero-order valence-corrected chi connectivity index (χ0v) is 10.8. The minimum atomic E-state index is -1.34. The lowest BCUT2D eigenvalue weighted by molar-refractivity contribution is -0.142. The van der Waals surface area contributed by atoms with Gasteiger partial charge in [0.1, 0.15) is 11.3 Å². The molecule has 0 bridgehead atoms. The van der Waals surface area contributed by atoms with Gasteiger partial charge >= 0.3 is 5.97 Å². The predicted octanol–water partition coefficient (Wildman–Crippen LogP) is 1.16. The van der Waals surface area contributed by atoms with Crippen LogP contribution in [0.15, 0.2) is 18.2 Å². The molecule has 0 spiro atoms. The fraction of sp³-hybridized carbons (Fsp3) is 0.300. The lowest BCUT2D eigenvalue weighted by Crippen LogP contribution is -2.46. The van der Waals surface area contributed by atoms with E-state index < -0.39 is 11.5 Å². The number of nitrogen functional groups attached to an aromatic ring is 1. The molecule has 1 aromatic carbocycles. The fourth-order valence-electron chi connectivity index (χ4n) is 1.20. The van der Waals surface area contributed by atoms with Gasteiger partial charge in [-0.25, -0.2) is 0 Å². The second kappa shape index (κ2) is 6.54. The smallest absolute Gasteiger partial charge is 0.323 e. The summed E-state index contributed by atoms with van der Waals surface area (Å²) in [6, 6.07) is 4.58. The van der Waals surface area contributed by atoms with Crippen LogP contribution in [-0.2, 0) is 11.2 Å². The average Bonchev–Trinajstić information content (AvgIpc) is 2.10. The third-order valence-electron chi connectivity index (χ3n) is 2.15. The zero-order valence-electron chi connectivity index (χ0n) is 9.21. The number of phenolic OH excluding ortho intramolecular Hbond substituents is 1. The summed E-state index contributed by atoms with van der Waals surface area (Å²) in [4.78, 5) is 10.8. The minimum absolute atomic E-state index is 0. The van der Waals surface area contributed by atoms with Crippen molar-refractivity contribution in [1.82, 2.24) is 0 Å². The van der Waals surface area contributed by atoms with Crippen molar-refractivity contribution in [2.24, 2.45) is 5.73 Å². The molecule has 0 radical (unpaired) electrons. The Hall–Kier alpha value is -1.17. The first kappa shape index (κ1) is 18.2. The normalized spacial score (nSPS) is 12.8. The number of aliphatic carboxylic acids is 1. The summed E-state index contributed by atoms with van der Waals surface area (Å²) in [6.45, 7) is 1.42. The van der Waals surface area contributed by atoms with Crippen LogP contribution in [0.2, 0.25) is 0 Å². The van der Waals surface area contributed by atoms with Gasteiger partial charge in [-0.2, -0.15) is 0 Å². The van der Waals surface area contributed by atoms with Crippen molar-refractivity contribution in [2.45, 2.75) is 18.9 Å². The Labute approximate surface area is 112 Å². The van der Waals surface area contributed by atoms with Gasteiger partial charge < -0.3 is 21.7 Å². The van der Waals surface area contributed by atoms with Crippen molar-refractivity contribution >= 4 is 36.5 Å². The van der Waals surface area contributed by atoms with Crippen molar-refractivity contribution in [3.63, 3.8) is 0 Å². The molecule has 7 heteroatoms. The van der Waals surface area contributed by atoms with Gasteiger partial charge in [-0.05, 0) is 24.6 Å². The van der Waals surface area contributed by atoms with Gasteiger partial charge in [0.2, 0.25) is 0 Å². The summed E-state index contributed by atoms with van der Waals surface area (Å²) in [5.41, 5.74) is 10.5. The second-order valence-corrected chi connectivity index (χ2v) is 3.79. The molecule has 0 saturated heterocycles. The molecule has 0 aromatic heterocycles. The van der Waals surface area contributed by atoms with Crippen molar-refractivity contribution in [3.05, 3.63) is 23.8 Å². The van der Waals surface area contributed by atoms with Crippen LogP contribution in [-0.4, -0.2) is 21.7 Å². The lowest BCUT2D eigenvalue weighted by atomic mass is 9.94. The average molecular weight is 283 g/mol. The Kier molecular flexibility index (Phi) is 7.00. The predicted molar refractivity (Wildman–Crippen MR) is 70.9 cm³/mol. The lowest BCUT2D eigenvalue weighted by Gasteiger charge is -2.19. The molecule has 0 amide bonds. The van der Waals surface area contributed by atoms with E-state index in [9.17, 15) is 9.90 Å². The quantitative estimate of drug-likeness (QED) is 0.491. The summed E-state index contributed by atoms with van der Waals surface area (Å²) >= 11 is 0. The Balaban J connectivity index is 0. The van der Waals surface area contributed by atoms with Gasteiger partial charge in [0.25, 0.3) is 0 Å². The Morgan fingerprint density at radius 1 is 1.41 bits per heavy atom. The Morgan fingerprint density at radius 3 is 2.35 bits per heavy atom. The van der Waals surface area contributed by atoms with Crippen LogP contribution in [0.3, 0.4) is 0 Å². The number of carbonyl (C=O) groups is 1. The van der Waals surface area contributed by atoms with Crippen LogP contribution in [0.25, 0.3) is 0 Å². The van der Waals surface area contributed by atoms with E-state index in [0.717, 1.165) is 0 Å². The zero-order chi connectivity index (χ0) is 11.6. The molecule has 0 aliphatic rings. The highest BCUT2D eigenvalue weighted by Gasteiger charge is 2.28. The minimum Gasteiger partial charge on any atom is -0.506 e. The third-order valence-corrected chi connectivity index (χ3v) is 2.15. The Bertz CT molecular complexity index is 397. The number of rotatable bonds is 3. The molecular weight excluding hydrogens is 267 g/mol. The molecule has 6 N–H and O–H groups in total. The van der Waals surface area contributed by atoms with E-state index in [1.807, 2.05) is 0 Å². The highest BCUT2D eigenvalue weighted by atomic mass is 35.5. The third kappa shape index (κ3) is 4.68. The first-order valence-corrected chi connectivity index (χ1v) is 4.42. The largest absolute Gasteiger partial charge is 0.506 e. The topological polar surface area (TPSA) is 110 Å². The van der Waals surface area contributed by atoms with Crippen molar-refractivity contribution in [1.29, 1.82) is 0 Å². The molecular formula is C10H16Cl2N2O3. The highest BCUT2D eigenvalue weighted by molar-refractivity contribution is 5.85. The van der Waals surface area contributed by atoms with Crippen LogP contribution in [0, 0.1) is 0 Å². The van der Waals surface area contributed by atoms with E-state index in [-0.39, 0.29) is 42.7 Å². The molecule has 1 atom stereocenters. The summed E-state index contributed by atoms with van der Waals surface area (Å²) in [5.74, 6) is -1.15. The van der Waals surface area contributed by atoms with Gasteiger partial charge in [-0.1, -0.05) is 6.07 Å². The number of hydrogen-bond acceptors (Lipinski definition) is 4. The first-order chi connectivity index (χ1) is 6.83. The van der Waals surface area contributed by atoms with Crippen LogP contribution < -0.4 is 11.5 Å². The van der Waals surface area contributed by atoms with Crippen LogP contribution in [0.1, 0.15) is 12.5 Å². The summed E-state index contributed by atoms with van der Waals surface area (Å²) < 4.78 is 0. The monoisotopic (exact) mass is 282 g/mol. The highest BCUT2D eigenvalue weighted by Crippen LogP contribution is 2.22. The number of phenols is 1. The molecule has 1 rings (SSSR count). The summed E-state index contributed by atoms with van der Waals surface area (Å²) in [6.07, 6.45) is 0.135. The molecule has 0 unspecified atom stereocenters. The molecule has 0 aliphatic heterocycles. The molecule has 5 nitrogen and oxygen atoms in total. The number of aromatic hydroxyl groups is 1. The molecule has 0 fully saturated rings. The van der Waals surface area contributed by atoms with Gasteiger partial charge in [0.15, 0.2) is 0 Å². The van der Waals surface area contributed by atoms with E-state index in [4.69, 9.17) is 16.6 Å². The van der Waals surface area contributed by atoms with Crippen molar-refractivity contribution in [2.75, 3.05) is 5.73 Å². The number of carboxylic acid groups (broad SMARTS) is 1. The standard InChI is InChI=1S/C10H14N2O3.2ClH/c1-10(12,9(14)15)5-6-2-3-7(11)8(13)4-6;;/h2-4,13H,5,11-12H2,1H3,(H,14,15);2*1H/t10-;;/m0../s1. The molecule has 17 heavy (non-hydrogen) atoms. The molecule has 0 aliphatic carbocycles. The fourth-order valence-corrected chi connectivity index (χ4v) is 1.20. The first-order valence-electron chi connectivity index (χ1n) is 4.42. The molecule has 98 valence electrons. The Morgan fingerprint density at radius 2 is 1.94 bits per heavy atom. The number of halogens is 2. The van der Waals surface area contributed by atoms with E-state index in [0.29, 0.717) is 5.56 Å². The number of anilines is 1. The van der Waals surface area contributed by atoms with Crippen molar-refractivity contribution < 1.29 is 15.0 Å². The van der Waals surface area contributed by atoms with Crippen molar-refractivity contribution in [3.8, 4) is 5.75 Å². The van der Waals surface area contributed by atoms with Gasteiger partial charge in [-0.3, -0.25) is 4.79 Å². The maximum Gasteiger partial charge on any atom is 0.323 e. The van der Waals surface area contributed by atoms with E-state index in [1.54, 1.807) is 6.07 Å². The molecule has 1 aromatic rings. The summed E-state index contributed by atoms with van der Waals surface area (Å²) in [7, 11) is 0. The summed E-state index contributed by atoms with van der Waals surface area (Å²) in [5, 5.41) is 18.1. The maximum absolute atomic E-state index is 10.8. The second-order valence-electron chi connectivity index (χ2n) is 3.79.